The smallest absolute Gasteiger partial charge is 0.266 e. The van der Waals surface area contributed by atoms with Crippen LogP contribution in [-0.4, -0.2) is 10.8 Å². The number of nitrogens with zero attached hydrogens (tertiary/aromatic N) is 1. The molecule has 0 saturated heterocycles. The second-order valence-electron chi connectivity index (χ2n) is 5.18. The number of aromatic amines is 1. The van der Waals surface area contributed by atoms with Gasteiger partial charge < -0.3 is 4.98 Å². The molecule has 4 nitrogen and oxygen atoms in total. The van der Waals surface area contributed by atoms with E-state index in [1.807, 2.05) is 6.07 Å². The molecular weight excluding hydrogens is 356 g/mol. The highest BCUT2D eigenvalue weighted by Gasteiger charge is 2.03. The molecule has 25 heavy (non-hydrogen) atoms. The molecule has 0 aliphatic carbocycles. The van der Waals surface area contributed by atoms with E-state index in [9.17, 15) is 9.59 Å². The van der Waals surface area contributed by atoms with E-state index in [4.69, 9.17) is 16.9 Å². The van der Waals surface area contributed by atoms with Gasteiger partial charge in [0, 0.05) is 16.7 Å². The average Bonchev–Trinajstić information content (AvgIpc) is 2.94. The molecule has 0 bridgehead atoms. The van der Waals surface area contributed by atoms with Gasteiger partial charge in [0.25, 0.3) is 5.56 Å². The average molecular weight is 367 g/mol. The number of carbonyl (C=O) groups excluding carboxylic acids is 1. The minimum atomic E-state index is -0.275. The Balaban J connectivity index is 1.98. The first-order chi connectivity index (χ1) is 12.0. The Bertz CT molecular complexity index is 1150. The molecule has 0 atom stereocenters. The van der Waals surface area contributed by atoms with Crippen molar-refractivity contribution in [2.45, 2.75) is 0 Å². The number of hydrogen-bond acceptors (Lipinski definition) is 4. The lowest BCUT2D eigenvalue weighted by molar-refractivity contribution is 0.106. The molecule has 3 rings (SSSR count). The van der Waals surface area contributed by atoms with Crippen molar-refractivity contribution in [2.75, 3.05) is 0 Å². The van der Waals surface area contributed by atoms with Crippen LogP contribution in [0.25, 0.3) is 12.2 Å². The molecule has 0 unspecified atom stereocenters. The normalized spacial score (nSPS) is 12.2. The van der Waals surface area contributed by atoms with Crippen LogP contribution in [-0.2, 0) is 0 Å². The lowest BCUT2D eigenvalue weighted by Gasteiger charge is -1.94. The molecule has 0 saturated carbocycles. The maximum Gasteiger partial charge on any atom is 0.266 e. The molecule has 6 heteroatoms. The number of aromatic nitrogens is 1. The van der Waals surface area contributed by atoms with Crippen molar-refractivity contribution in [3.8, 4) is 6.07 Å². The first kappa shape index (κ1) is 16.9. The zero-order valence-corrected chi connectivity index (χ0v) is 14.4. The van der Waals surface area contributed by atoms with Crippen LogP contribution in [0.3, 0.4) is 0 Å². The number of H-pyrrole nitrogens is 1. The molecule has 0 fully saturated rings. The molecule has 0 radical (unpaired) electrons. The Morgan fingerprint density at radius 1 is 1.20 bits per heavy atom. The van der Waals surface area contributed by atoms with Crippen LogP contribution in [0.5, 0.6) is 0 Å². The van der Waals surface area contributed by atoms with Crippen molar-refractivity contribution in [1.29, 1.82) is 5.26 Å². The maximum atomic E-state index is 12.2. The molecule has 3 aromatic rings. The van der Waals surface area contributed by atoms with Gasteiger partial charge in [-0.25, -0.2) is 0 Å². The zero-order chi connectivity index (χ0) is 17.8. The van der Waals surface area contributed by atoms with Gasteiger partial charge in [-0.2, -0.15) is 5.26 Å². The van der Waals surface area contributed by atoms with Gasteiger partial charge in [-0.15, -0.1) is 11.3 Å². The van der Waals surface area contributed by atoms with Gasteiger partial charge >= 0.3 is 0 Å². The summed E-state index contributed by atoms with van der Waals surface area (Å²) in [7, 11) is 0. The van der Waals surface area contributed by atoms with Gasteiger partial charge in [-0.1, -0.05) is 23.7 Å². The fourth-order valence-electron chi connectivity index (χ4n) is 2.19. The lowest BCUT2D eigenvalue weighted by Crippen LogP contribution is -2.20. The minimum absolute atomic E-state index is 0.216. The molecule has 1 heterocycles. The highest BCUT2D eigenvalue weighted by Crippen LogP contribution is 2.10. The summed E-state index contributed by atoms with van der Waals surface area (Å²) in [4.78, 5) is 27.0. The number of Topliss-reactive ketones (excluding diaryl/α,β-unsaturated/α-hetero) is 1. The molecular formula is C19H11ClN2O2S. The Labute approximate surface area is 152 Å². The summed E-state index contributed by atoms with van der Waals surface area (Å²) in [6.07, 6.45) is 3.08. The summed E-state index contributed by atoms with van der Waals surface area (Å²) in [5, 5.41) is 9.48. The zero-order valence-electron chi connectivity index (χ0n) is 12.8. The summed E-state index contributed by atoms with van der Waals surface area (Å²) in [5.41, 5.74) is 1.49. The molecule has 0 amide bonds. The molecule has 2 aromatic carbocycles. The summed E-state index contributed by atoms with van der Waals surface area (Å²) < 4.78 is 0.929. The molecule has 0 aliphatic heterocycles. The SMILES string of the molecule is N#Cc1cccc(C=c2sc(=CC(=O)c3ccc(Cl)cc3)[nH]c2=O)c1. The van der Waals surface area contributed by atoms with Crippen LogP contribution in [0.4, 0.5) is 0 Å². The molecule has 0 aliphatic rings. The highest BCUT2D eigenvalue weighted by atomic mass is 35.5. The second kappa shape index (κ2) is 7.31. The largest absolute Gasteiger partial charge is 0.313 e. The van der Waals surface area contributed by atoms with E-state index in [2.05, 4.69) is 11.1 Å². The number of nitrogens with one attached hydrogen (secondary N) is 1. The number of rotatable bonds is 3. The van der Waals surface area contributed by atoms with E-state index in [0.29, 0.717) is 25.3 Å². The number of nitriles is 1. The molecule has 122 valence electrons. The third kappa shape index (κ3) is 4.13. The van der Waals surface area contributed by atoms with Crippen molar-refractivity contribution in [1.82, 2.24) is 4.98 Å². The van der Waals surface area contributed by atoms with Gasteiger partial charge in [-0.3, -0.25) is 9.59 Å². The summed E-state index contributed by atoms with van der Waals surface area (Å²) in [6.45, 7) is 0. The topological polar surface area (TPSA) is 73.7 Å². The number of carbonyl (C=O) groups is 1. The fraction of sp³-hybridized carbons (Fsp3) is 0. The lowest BCUT2D eigenvalue weighted by atomic mass is 10.1. The third-order valence-corrected chi connectivity index (χ3v) is 4.60. The van der Waals surface area contributed by atoms with E-state index >= 15 is 0 Å². The second-order valence-corrected chi connectivity index (χ2v) is 6.70. The predicted octanol–water partition coefficient (Wildman–Crippen LogP) is 2.45. The fourth-order valence-corrected chi connectivity index (χ4v) is 3.20. The van der Waals surface area contributed by atoms with Crippen molar-refractivity contribution in [3.05, 3.63) is 89.8 Å². The Morgan fingerprint density at radius 3 is 2.68 bits per heavy atom. The van der Waals surface area contributed by atoms with E-state index in [1.54, 1.807) is 48.5 Å². The minimum Gasteiger partial charge on any atom is -0.313 e. The first-order valence-electron chi connectivity index (χ1n) is 7.28. The summed E-state index contributed by atoms with van der Waals surface area (Å²) >= 11 is 6.99. The van der Waals surface area contributed by atoms with Crippen LogP contribution in [0.2, 0.25) is 5.02 Å². The summed E-state index contributed by atoms with van der Waals surface area (Å²) in [6, 6.07) is 15.6. The molecule has 1 N–H and O–H groups in total. The summed E-state index contributed by atoms with van der Waals surface area (Å²) in [5.74, 6) is -0.216. The maximum absolute atomic E-state index is 12.2. The standard InChI is InChI=1S/C19H11ClN2O2S/c20-15-6-4-14(5-7-15)16(23)10-18-22-19(24)17(25-18)9-12-2-1-3-13(8-12)11-21/h1-10H,(H,22,24). The van der Waals surface area contributed by atoms with Gasteiger partial charge in [0.05, 0.1) is 20.8 Å². The number of benzene rings is 2. The van der Waals surface area contributed by atoms with Gasteiger partial charge in [0.15, 0.2) is 5.78 Å². The highest BCUT2D eigenvalue weighted by molar-refractivity contribution is 7.07. The van der Waals surface area contributed by atoms with Crippen molar-refractivity contribution in [2.24, 2.45) is 0 Å². The van der Waals surface area contributed by atoms with Crippen LogP contribution in [0.15, 0.2) is 53.3 Å². The van der Waals surface area contributed by atoms with Crippen molar-refractivity contribution >= 4 is 40.9 Å². The van der Waals surface area contributed by atoms with E-state index in [0.717, 1.165) is 5.56 Å². The number of ketones is 1. The monoisotopic (exact) mass is 366 g/mol. The van der Waals surface area contributed by atoms with Crippen LogP contribution < -0.4 is 14.8 Å². The Morgan fingerprint density at radius 2 is 1.96 bits per heavy atom. The predicted molar refractivity (Wildman–Crippen MR) is 99.2 cm³/mol. The Hall–Kier alpha value is -2.94. The molecule has 1 aromatic heterocycles. The Kier molecular flexibility index (Phi) is 4.94. The molecule has 0 spiro atoms. The van der Waals surface area contributed by atoms with Crippen LogP contribution in [0.1, 0.15) is 21.5 Å². The van der Waals surface area contributed by atoms with Crippen molar-refractivity contribution < 1.29 is 4.79 Å². The number of thiazole rings is 1. The van der Waals surface area contributed by atoms with Gasteiger partial charge in [0.2, 0.25) is 0 Å². The van der Waals surface area contributed by atoms with E-state index < -0.39 is 0 Å². The van der Waals surface area contributed by atoms with Crippen molar-refractivity contribution in [3.63, 3.8) is 0 Å². The quantitative estimate of drug-likeness (QED) is 0.723. The van der Waals surface area contributed by atoms with Gasteiger partial charge in [0.1, 0.15) is 0 Å². The van der Waals surface area contributed by atoms with Gasteiger partial charge in [-0.05, 0) is 48.0 Å². The van der Waals surface area contributed by atoms with E-state index in [-0.39, 0.29) is 11.3 Å². The number of halogens is 1. The first-order valence-corrected chi connectivity index (χ1v) is 8.47. The van der Waals surface area contributed by atoms with E-state index in [1.165, 1.54) is 17.4 Å². The van der Waals surface area contributed by atoms with Crippen LogP contribution >= 0.6 is 22.9 Å². The van der Waals surface area contributed by atoms with Crippen LogP contribution in [0, 0.1) is 11.3 Å². The number of hydrogen-bond donors (Lipinski definition) is 1. The third-order valence-electron chi connectivity index (χ3n) is 3.38.